The molecular formula is C11H9BrO4. The molecule has 84 valence electrons. The van der Waals surface area contributed by atoms with Crippen LogP contribution in [0.3, 0.4) is 0 Å². The van der Waals surface area contributed by atoms with Crippen molar-refractivity contribution in [3.63, 3.8) is 0 Å². The van der Waals surface area contributed by atoms with Gasteiger partial charge in [0.25, 0.3) is 0 Å². The lowest BCUT2D eigenvalue weighted by Gasteiger charge is -2.14. The van der Waals surface area contributed by atoms with Gasteiger partial charge in [0.1, 0.15) is 12.0 Å². The lowest BCUT2D eigenvalue weighted by Crippen LogP contribution is -2.17. The summed E-state index contributed by atoms with van der Waals surface area (Å²) in [7, 11) is 0. The predicted octanol–water partition coefficient (Wildman–Crippen LogP) is 2.14. The van der Waals surface area contributed by atoms with Crippen LogP contribution >= 0.6 is 15.9 Å². The Kier molecular flexibility index (Phi) is 2.96. The average molecular weight is 285 g/mol. The Morgan fingerprint density at radius 2 is 2.25 bits per heavy atom. The standard InChI is InChI=1S/C11H9BrO4/c12-7-3-1-2-6(4-7)10-8(11(14)15)5-9(13)16-10/h1-4,8,10H,5H2,(H,14,15). The number of halogens is 1. The topological polar surface area (TPSA) is 63.6 Å². The summed E-state index contributed by atoms with van der Waals surface area (Å²) in [5, 5.41) is 8.99. The maximum Gasteiger partial charge on any atom is 0.311 e. The number of cyclic esters (lactones) is 1. The SMILES string of the molecule is O=C1CC(C(=O)O)C(c2cccc(Br)c2)O1. The Bertz CT molecular complexity index is 443. The first-order valence-corrected chi connectivity index (χ1v) is 5.55. The number of esters is 1. The van der Waals surface area contributed by atoms with Crippen molar-refractivity contribution in [1.29, 1.82) is 0 Å². The number of benzene rings is 1. The van der Waals surface area contributed by atoms with Gasteiger partial charge in [0.2, 0.25) is 0 Å². The van der Waals surface area contributed by atoms with Gasteiger partial charge in [0.05, 0.1) is 6.42 Å². The number of carboxylic acids is 1. The highest BCUT2D eigenvalue weighted by Crippen LogP contribution is 2.36. The van der Waals surface area contributed by atoms with Crippen molar-refractivity contribution in [3.8, 4) is 0 Å². The van der Waals surface area contributed by atoms with Crippen LogP contribution in [0.5, 0.6) is 0 Å². The Labute approximate surface area is 100 Å². The van der Waals surface area contributed by atoms with E-state index in [0.717, 1.165) is 4.47 Å². The molecular weight excluding hydrogens is 276 g/mol. The number of rotatable bonds is 2. The van der Waals surface area contributed by atoms with Gasteiger partial charge in [-0.05, 0) is 17.7 Å². The van der Waals surface area contributed by atoms with Crippen molar-refractivity contribution in [2.24, 2.45) is 5.92 Å². The van der Waals surface area contributed by atoms with Crippen LogP contribution in [0, 0.1) is 5.92 Å². The highest BCUT2D eigenvalue weighted by Gasteiger charge is 2.40. The first kappa shape index (κ1) is 11.1. The third-order valence-electron chi connectivity index (χ3n) is 2.50. The molecule has 0 saturated carbocycles. The Hall–Kier alpha value is -1.36. The summed E-state index contributed by atoms with van der Waals surface area (Å²) in [6.45, 7) is 0. The van der Waals surface area contributed by atoms with E-state index in [1.807, 2.05) is 6.07 Å². The van der Waals surface area contributed by atoms with E-state index in [-0.39, 0.29) is 6.42 Å². The van der Waals surface area contributed by atoms with Crippen molar-refractivity contribution in [2.45, 2.75) is 12.5 Å². The van der Waals surface area contributed by atoms with E-state index in [1.54, 1.807) is 18.2 Å². The van der Waals surface area contributed by atoms with E-state index in [1.165, 1.54) is 0 Å². The summed E-state index contributed by atoms with van der Waals surface area (Å²) in [6, 6.07) is 7.13. The van der Waals surface area contributed by atoms with Crippen LogP contribution in [-0.2, 0) is 14.3 Å². The van der Waals surface area contributed by atoms with Crippen molar-refractivity contribution >= 4 is 27.9 Å². The summed E-state index contributed by atoms with van der Waals surface area (Å²) in [6.07, 6.45) is -0.741. The average Bonchev–Trinajstić information content (AvgIpc) is 2.60. The van der Waals surface area contributed by atoms with Crippen molar-refractivity contribution in [2.75, 3.05) is 0 Å². The van der Waals surface area contributed by atoms with Crippen molar-refractivity contribution in [1.82, 2.24) is 0 Å². The minimum atomic E-state index is -1.00. The van der Waals surface area contributed by atoms with Crippen LogP contribution in [0.25, 0.3) is 0 Å². The molecule has 1 fully saturated rings. The summed E-state index contributed by atoms with van der Waals surface area (Å²) in [4.78, 5) is 22.1. The lowest BCUT2D eigenvalue weighted by atomic mass is 9.95. The van der Waals surface area contributed by atoms with E-state index in [4.69, 9.17) is 9.84 Å². The molecule has 0 radical (unpaired) electrons. The fraction of sp³-hybridized carbons (Fsp3) is 0.273. The van der Waals surface area contributed by atoms with Gasteiger partial charge >= 0.3 is 11.9 Å². The Balaban J connectivity index is 2.32. The number of ether oxygens (including phenoxy) is 1. The van der Waals surface area contributed by atoms with Crippen LogP contribution < -0.4 is 0 Å². The molecule has 1 saturated heterocycles. The summed E-state index contributed by atoms with van der Waals surface area (Å²) < 4.78 is 5.87. The molecule has 1 N–H and O–H groups in total. The van der Waals surface area contributed by atoms with Crippen LogP contribution in [0.4, 0.5) is 0 Å². The molecule has 1 aromatic carbocycles. The molecule has 0 bridgehead atoms. The number of hydrogen-bond acceptors (Lipinski definition) is 3. The second-order valence-electron chi connectivity index (χ2n) is 3.61. The van der Waals surface area contributed by atoms with Gasteiger partial charge in [-0.2, -0.15) is 0 Å². The zero-order chi connectivity index (χ0) is 11.7. The lowest BCUT2D eigenvalue weighted by molar-refractivity contribution is -0.144. The highest BCUT2D eigenvalue weighted by molar-refractivity contribution is 9.10. The molecule has 2 unspecified atom stereocenters. The Morgan fingerprint density at radius 1 is 1.50 bits per heavy atom. The number of carboxylic acid groups (broad SMARTS) is 1. The molecule has 0 spiro atoms. The minimum absolute atomic E-state index is 0.0630. The van der Waals surface area contributed by atoms with E-state index in [2.05, 4.69) is 15.9 Å². The molecule has 4 nitrogen and oxygen atoms in total. The van der Waals surface area contributed by atoms with E-state index in [9.17, 15) is 9.59 Å². The van der Waals surface area contributed by atoms with E-state index in [0.29, 0.717) is 5.56 Å². The zero-order valence-corrected chi connectivity index (χ0v) is 9.81. The number of aliphatic carboxylic acids is 1. The predicted molar refractivity (Wildman–Crippen MR) is 58.7 cm³/mol. The maximum atomic E-state index is 11.1. The molecule has 16 heavy (non-hydrogen) atoms. The third-order valence-corrected chi connectivity index (χ3v) is 3.00. The number of hydrogen-bond donors (Lipinski definition) is 1. The fourth-order valence-corrected chi connectivity index (χ4v) is 2.18. The van der Waals surface area contributed by atoms with E-state index < -0.39 is 24.0 Å². The van der Waals surface area contributed by atoms with Crippen molar-refractivity contribution < 1.29 is 19.4 Å². The highest BCUT2D eigenvalue weighted by atomic mass is 79.9. The van der Waals surface area contributed by atoms with Crippen molar-refractivity contribution in [3.05, 3.63) is 34.3 Å². The minimum Gasteiger partial charge on any atom is -0.481 e. The van der Waals surface area contributed by atoms with Gasteiger partial charge in [-0.1, -0.05) is 28.1 Å². The normalized spacial score (nSPS) is 24.2. The molecule has 0 amide bonds. The molecule has 1 heterocycles. The fourth-order valence-electron chi connectivity index (χ4n) is 1.76. The Morgan fingerprint density at radius 3 is 2.88 bits per heavy atom. The van der Waals surface area contributed by atoms with Gasteiger partial charge in [-0.3, -0.25) is 9.59 Å². The number of carbonyl (C=O) groups is 2. The first-order valence-electron chi connectivity index (χ1n) is 4.75. The van der Waals surface area contributed by atoms with Gasteiger partial charge < -0.3 is 9.84 Å². The summed E-state index contributed by atoms with van der Waals surface area (Å²) in [5.41, 5.74) is 0.702. The molecule has 5 heteroatoms. The molecule has 2 atom stereocenters. The third kappa shape index (κ3) is 2.09. The molecule has 2 rings (SSSR count). The first-order chi connectivity index (χ1) is 7.58. The second-order valence-corrected chi connectivity index (χ2v) is 4.53. The van der Waals surface area contributed by atoms with E-state index >= 15 is 0 Å². The van der Waals surface area contributed by atoms with Gasteiger partial charge in [-0.25, -0.2) is 0 Å². The summed E-state index contributed by atoms with van der Waals surface area (Å²) >= 11 is 3.29. The molecule has 0 aromatic heterocycles. The van der Waals surface area contributed by atoms with Crippen LogP contribution in [0.2, 0.25) is 0 Å². The van der Waals surface area contributed by atoms with Crippen LogP contribution in [0.15, 0.2) is 28.7 Å². The largest absolute Gasteiger partial charge is 0.481 e. The second kappa shape index (κ2) is 4.25. The maximum absolute atomic E-state index is 11.1. The van der Waals surface area contributed by atoms with Crippen LogP contribution in [0.1, 0.15) is 18.1 Å². The quantitative estimate of drug-likeness (QED) is 0.845. The molecule has 0 aliphatic carbocycles. The monoisotopic (exact) mass is 284 g/mol. The molecule has 1 aliphatic heterocycles. The van der Waals surface area contributed by atoms with Gasteiger partial charge in [0.15, 0.2) is 0 Å². The number of carbonyl (C=O) groups excluding carboxylic acids is 1. The van der Waals surface area contributed by atoms with Crippen LogP contribution in [-0.4, -0.2) is 17.0 Å². The van der Waals surface area contributed by atoms with Gasteiger partial charge in [0, 0.05) is 4.47 Å². The van der Waals surface area contributed by atoms with Gasteiger partial charge in [-0.15, -0.1) is 0 Å². The molecule has 1 aliphatic rings. The molecule has 1 aromatic rings. The summed E-state index contributed by atoms with van der Waals surface area (Å²) in [5.74, 6) is -2.25. The smallest absolute Gasteiger partial charge is 0.311 e. The zero-order valence-electron chi connectivity index (χ0n) is 8.22.